The van der Waals surface area contributed by atoms with Crippen LogP contribution in [0.4, 0.5) is 0 Å². The molecule has 0 spiro atoms. The standard InChI is InChI=1S/C26H18N4/c1-4-10-19(11-5-1)22-16-17-23(27-18-22)26-28-24(20-12-6-2-7-13-20)25(29-30-26)21-14-8-3-9-15-21/h1-18H. The molecule has 0 amide bonds. The highest BCUT2D eigenvalue weighted by Crippen LogP contribution is 2.29. The second kappa shape index (κ2) is 8.05. The van der Waals surface area contributed by atoms with Gasteiger partial charge in [-0.3, -0.25) is 4.98 Å². The zero-order chi connectivity index (χ0) is 20.2. The number of nitrogens with zero attached hydrogens (tertiary/aromatic N) is 4. The van der Waals surface area contributed by atoms with Gasteiger partial charge in [0.1, 0.15) is 17.1 Å². The van der Waals surface area contributed by atoms with Crippen molar-refractivity contribution in [1.29, 1.82) is 0 Å². The van der Waals surface area contributed by atoms with Crippen LogP contribution in [0, 0.1) is 0 Å². The first-order valence-electron chi connectivity index (χ1n) is 9.76. The molecule has 0 aliphatic rings. The Hall–Kier alpha value is -4.18. The van der Waals surface area contributed by atoms with Crippen LogP contribution in [-0.2, 0) is 0 Å². The van der Waals surface area contributed by atoms with Crippen molar-refractivity contribution in [2.24, 2.45) is 0 Å². The second-order valence-electron chi connectivity index (χ2n) is 6.86. The average Bonchev–Trinajstić information content (AvgIpc) is 2.85. The number of aromatic nitrogens is 4. The molecule has 2 aromatic heterocycles. The van der Waals surface area contributed by atoms with Crippen molar-refractivity contribution in [2.75, 3.05) is 0 Å². The van der Waals surface area contributed by atoms with Gasteiger partial charge in [0, 0.05) is 22.9 Å². The summed E-state index contributed by atoms with van der Waals surface area (Å²) in [5.41, 5.74) is 6.39. The third-order valence-corrected chi connectivity index (χ3v) is 4.88. The third-order valence-electron chi connectivity index (χ3n) is 4.88. The lowest BCUT2D eigenvalue weighted by atomic mass is 10.0. The van der Waals surface area contributed by atoms with Gasteiger partial charge in [-0.2, -0.15) is 0 Å². The molecule has 0 N–H and O–H groups in total. The van der Waals surface area contributed by atoms with E-state index in [0.717, 1.165) is 33.6 Å². The monoisotopic (exact) mass is 386 g/mol. The molecule has 0 saturated carbocycles. The van der Waals surface area contributed by atoms with Crippen LogP contribution >= 0.6 is 0 Å². The Balaban J connectivity index is 1.58. The lowest BCUT2D eigenvalue weighted by Gasteiger charge is -2.10. The fraction of sp³-hybridized carbons (Fsp3) is 0. The van der Waals surface area contributed by atoms with Gasteiger partial charge in [0.15, 0.2) is 0 Å². The first kappa shape index (κ1) is 17.9. The zero-order valence-corrected chi connectivity index (χ0v) is 16.2. The predicted molar refractivity (Wildman–Crippen MR) is 119 cm³/mol. The summed E-state index contributed by atoms with van der Waals surface area (Å²) in [5.74, 6) is 0.508. The van der Waals surface area contributed by atoms with Gasteiger partial charge in [0.2, 0.25) is 5.82 Å². The first-order valence-corrected chi connectivity index (χ1v) is 9.76. The summed E-state index contributed by atoms with van der Waals surface area (Å²) in [5, 5.41) is 8.92. The van der Waals surface area contributed by atoms with E-state index in [1.165, 1.54) is 0 Å². The smallest absolute Gasteiger partial charge is 0.201 e. The maximum Gasteiger partial charge on any atom is 0.201 e. The van der Waals surface area contributed by atoms with E-state index in [9.17, 15) is 0 Å². The van der Waals surface area contributed by atoms with Crippen molar-refractivity contribution < 1.29 is 0 Å². The van der Waals surface area contributed by atoms with E-state index < -0.39 is 0 Å². The highest BCUT2D eigenvalue weighted by atomic mass is 15.2. The molecule has 4 nitrogen and oxygen atoms in total. The van der Waals surface area contributed by atoms with E-state index in [4.69, 9.17) is 4.98 Å². The Morgan fingerprint density at radius 3 is 1.57 bits per heavy atom. The number of pyridine rings is 1. The Bertz CT molecular complexity index is 1250. The van der Waals surface area contributed by atoms with Crippen LogP contribution in [0.5, 0.6) is 0 Å². The maximum absolute atomic E-state index is 4.86. The largest absolute Gasteiger partial charge is 0.252 e. The molecule has 0 atom stereocenters. The zero-order valence-electron chi connectivity index (χ0n) is 16.2. The summed E-state index contributed by atoms with van der Waals surface area (Å²) in [7, 11) is 0. The second-order valence-corrected chi connectivity index (χ2v) is 6.86. The van der Waals surface area contributed by atoms with Crippen molar-refractivity contribution in [3.8, 4) is 45.2 Å². The molecular formula is C26H18N4. The van der Waals surface area contributed by atoms with Crippen LogP contribution in [0.25, 0.3) is 45.2 Å². The molecule has 0 bridgehead atoms. The third kappa shape index (κ3) is 3.59. The van der Waals surface area contributed by atoms with Gasteiger partial charge in [-0.15, -0.1) is 10.2 Å². The fourth-order valence-corrected chi connectivity index (χ4v) is 3.35. The lowest BCUT2D eigenvalue weighted by molar-refractivity contribution is 0.982. The van der Waals surface area contributed by atoms with Crippen LogP contribution < -0.4 is 0 Å². The minimum atomic E-state index is 0.508. The summed E-state index contributed by atoms with van der Waals surface area (Å²) < 4.78 is 0. The number of rotatable bonds is 4. The molecule has 5 aromatic rings. The van der Waals surface area contributed by atoms with E-state index >= 15 is 0 Å². The Morgan fingerprint density at radius 1 is 0.433 bits per heavy atom. The van der Waals surface area contributed by atoms with Crippen LogP contribution in [0.3, 0.4) is 0 Å². The van der Waals surface area contributed by atoms with E-state index in [1.807, 2.05) is 97.2 Å². The molecule has 2 heterocycles. The highest BCUT2D eigenvalue weighted by Gasteiger charge is 2.15. The topological polar surface area (TPSA) is 51.6 Å². The number of benzene rings is 3. The molecule has 30 heavy (non-hydrogen) atoms. The summed E-state index contributed by atoms with van der Waals surface area (Å²) in [6, 6.07) is 34.2. The minimum Gasteiger partial charge on any atom is -0.252 e. The van der Waals surface area contributed by atoms with E-state index in [-0.39, 0.29) is 0 Å². The van der Waals surface area contributed by atoms with Gasteiger partial charge >= 0.3 is 0 Å². The fourth-order valence-electron chi connectivity index (χ4n) is 3.35. The lowest BCUT2D eigenvalue weighted by Crippen LogP contribution is -2.01. The molecule has 3 aromatic carbocycles. The van der Waals surface area contributed by atoms with Gasteiger partial charge in [-0.1, -0.05) is 97.1 Å². The Labute approximate surface area is 175 Å². The quantitative estimate of drug-likeness (QED) is 0.384. The molecule has 0 unspecified atom stereocenters. The average molecular weight is 386 g/mol. The Kier molecular flexibility index (Phi) is 4.80. The SMILES string of the molecule is c1ccc(-c2ccc(-c3nnc(-c4ccccc4)c(-c4ccccc4)n3)nc2)cc1. The molecule has 0 aliphatic heterocycles. The number of hydrogen-bond acceptors (Lipinski definition) is 4. The number of hydrogen-bond donors (Lipinski definition) is 0. The van der Waals surface area contributed by atoms with Crippen LogP contribution in [0.15, 0.2) is 109 Å². The minimum absolute atomic E-state index is 0.508. The molecule has 4 heteroatoms. The van der Waals surface area contributed by atoms with E-state index in [0.29, 0.717) is 11.5 Å². The highest BCUT2D eigenvalue weighted by molar-refractivity contribution is 5.78. The summed E-state index contributed by atoms with van der Waals surface area (Å²) in [6.07, 6.45) is 1.85. The molecule has 0 fully saturated rings. The summed E-state index contributed by atoms with van der Waals surface area (Å²) >= 11 is 0. The molecule has 0 radical (unpaired) electrons. The molecule has 0 aliphatic carbocycles. The van der Waals surface area contributed by atoms with Gasteiger partial charge in [0.05, 0.1) is 0 Å². The maximum atomic E-state index is 4.86. The normalized spacial score (nSPS) is 10.7. The Morgan fingerprint density at radius 2 is 1.00 bits per heavy atom. The van der Waals surface area contributed by atoms with Gasteiger partial charge in [-0.25, -0.2) is 4.98 Å². The predicted octanol–water partition coefficient (Wildman–Crippen LogP) is 5.93. The molecule has 142 valence electrons. The molecule has 0 saturated heterocycles. The summed E-state index contributed by atoms with van der Waals surface area (Å²) in [4.78, 5) is 9.45. The van der Waals surface area contributed by atoms with Gasteiger partial charge < -0.3 is 0 Å². The molecule has 5 rings (SSSR count). The van der Waals surface area contributed by atoms with Crippen molar-refractivity contribution in [3.05, 3.63) is 109 Å². The van der Waals surface area contributed by atoms with E-state index in [1.54, 1.807) is 0 Å². The van der Waals surface area contributed by atoms with Gasteiger partial charge in [0.25, 0.3) is 0 Å². The van der Waals surface area contributed by atoms with Crippen LogP contribution in [0.2, 0.25) is 0 Å². The van der Waals surface area contributed by atoms with Crippen LogP contribution in [-0.4, -0.2) is 20.2 Å². The van der Waals surface area contributed by atoms with Crippen molar-refractivity contribution in [2.45, 2.75) is 0 Å². The molecular weight excluding hydrogens is 368 g/mol. The first-order chi connectivity index (χ1) is 14.9. The van der Waals surface area contributed by atoms with E-state index in [2.05, 4.69) is 27.3 Å². The van der Waals surface area contributed by atoms with Crippen molar-refractivity contribution in [3.63, 3.8) is 0 Å². The van der Waals surface area contributed by atoms with Crippen molar-refractivity contribution in [1.82, 2.24) is 20.2 Å². The van der Waals surface area contributed by atoms with Crippen LogP contribution in [0.1, 0.15) is 0 Å². The summed E-state index contributed by atoms with van der Waals surface area (Å²) in [6.45, 7) is 0. The van der Waals surface area contributed by atoms with Crippen molar-refractivity contribution >= 4 is 0 Å². The van der Waals surface area contributed by atoms with Gasteiger partial charge in [-0.05, 0) is 11.6 Å².